The number of aromatic amines is 2. The zero-order chi connectivity index (χ0) is 28.9. The van der Waals surface area contributed by atoms with E-state index in [1.165, 1.54) is 29.9 Å². The lowest BCUT2D eigenvalue weighted by Gasteiger charge is -2.17. The van der Waals surface area contributed by atoms with Crippen LogP contribution in [-0.2, 0) is 4.79 Å². The van der Waals surface area contributed by atoms with Gasteiger partial charge >= 0.3 is 0 Å². The number of pyridine rings is 2. The quantitative estimate of drug-likeness (QED) is 0.186. The fourth-order valence-corrected chi connectivity index (χ4v) is 5.62. The van der Waals surface area contributed by atoms with E-state index in [0.29, 0.717) is 45.1 Å². The van der Waals surface area contributed by atoms with Gasteiger partial charge in [0.15, 0.2) is 17.4 Å². The molecule has 5 heterocycles. The number of hydrogen-bond acceptors (Lipinski definition) is 7. The van der Waals surface area contributed by atoms with E-state index >= 15 is 4.39 Å². The van der Waals surface area contributed by atoms with Crippen LogP contribution in [-0.4, -0.2) is 41.8 Å². The Morgan fingerprint density at radius 2 is 1.88 bits per heavy atom. The number of ketones is 1. The van der Waals surface area contributed by atoms with Gasteiger partial charge in [-0.1, -0.05) is 32.9 Å². The minimum absolute atomic E-state index is 0.00653. The van der Waals surface area contributed by atoms with E-state index in [2.05, 4.69) is 30.5 Å². The van der Waals surface area contributed by atoms with Crippen molar-refractivity contribution in [3.63, 3.8) is 0 Å². The average molecular weight is 568 g/mol. The number of amides is 1. The minimum atomic E-state index is -0.587. The van der Waals surface area contributed by atoms with Crippen LogP contribution in [0, 0.1) is 11.2 Å². The third-order valence-corrected chi connectivity index (χ3v) is 7.71. The van der Waals surface area contributed by atoms with Crippen molar-refractivity contribution >= 4 is 50.7 Å². The molecule has 6 aromatic rings. The predicted molar refractivity (Wildman–Crippen MR) is 158 cm³/mol. The number of imidazole rings is 1. The summed E-state index contributed by atoms with van der Waals surface area (Å²) in [6, 6.07) is 11.1. The minimum Gasteiger partial charge on any atom is -0.337 e. The molecule has 9 nitrogen and oxygen atoms in total. The van der Waals surface area contributed by atoms with E-state index in [-0.39, 0.29) is 28.2 Å². The van der Waals surface area contributed by atoms with Gasteiger partial charge in [0.2, 0.25) is 5.91 Å². The van der Waals surface area contributed by atoms with Gasteiger partial charge in [-0.2, -0.15) is 5.10 Å². The number of nitrogens with one attached hydrogen (secondary N) is 3. The Morgan fingerprint density at radius 1 is 1.05 bits per heavy atom. The number of rotatable bonds is 6. The SMILES string of the molecule is CC(=O)c1ccc(-c2cccc3[nH]c(-c4n[nH]c5cnc(-c6cncc(NC(=O)CC(C)(C)C)c6)c(F)c45)nc23)s1. The highest BCUT2D eigenvalue weighted by molar-refractivity contribution is 7.17. The Hall–Kier alpha value is -4.77. The number of hydrogen-bond donors (Lipinski definition) is 3. The zero-order valence-corrected chi connectivity index (χ0v) is 23.6. The van der Waals surface area contributed by atoms with Crippen LogP contribution < -0.4 is 5.32 Å². The van der Waals surface area contributed by atoms with Gasteiger partial charge in [-0.3, -0.25) is 24.7 Å². The lowest BCUT2D eigenvalue weighted by molar-refractivity contribution is -0.117. The van der Waals surface area contributed by atoms with Crippen molar-refractivity contribution < 1.29 is 14.0 Å². The number of anilines is 1. The van der Waals surface area contributed by atoms with Crippen LogP contribution in [0.3, 0.4) is 0 Å². The van der Waals surface area contributed by atoms with Crippen molar-refractivity contribution in [2.75, 3.05) is 5.32 Å². The van der Waals surface area contributed by atoms with Gasteiger partial charge in [0, 0.05) is 28.6 Å². The lowest BCUT2D eigenvalue weighted by Crippen LogP contribution is -2.19. The lowest BCUT2D eigenvalue weighted by atomic mass is 9.92. The van der Waals surface area contributed by atoms with Crippen molar-refractivity contribution in [3.8, 4) is 33.2 Å². The van der Waals surface area contributed by atoms with E-state index < -0.39 is 5.82 Å². The number of para-hydroxylation sites is 1. The van der Waals surface area contributed by atoms with Crippen molar-refractivity contribution in [1.29, 1.82) is 0 Å². The number of H-pyrrole nitrogens is 2. The smallest absolute Gasteiger partial charge is 0.224 e. The predicted octanol–water partition coefficient (Wildman–Crippen LogP) is 7.01. The molecule has 0 aliphatic heterocycles. The number of carbonyl (C=O) groups excluding carboxylic acids is 2. The van der Waals surface area contributed by atoms with Gasteiger partial charge in [-0.25, -0.2) is 9.37 Å². The van der Waals surface area contributed by atoms with Crippen molar-refractivity contribution in [3.05, 3.63) is 65.7 Å². The molecule has 1 amide bonds. The standard InChI is InChI=1S/C30H26FN7O2S/c1-15(39)21-8-9-22(41-21)18-6-5-7-19-27(18)36-29(35-19)28-24-20(37-38-28)14-33-26(25(24)31)16-10-17(13-32-12-16)34-23(40)11-30(2,3)4/h5-10,12-14H,11H2,1-4H3,(H,34,40)(H,35,36)(H,37,38). The molecule has 11 heteroatoms. The second kappa shape index (κ2) is 10.0. The molecule has 41 heavy (non-hydrogen) atoms. The highest BCUT2D eigenvalue weighted by Crippen LogP contribution is 2.36. The van der Waals surface area contributed by atoms with Crippen LogP contribution in [0.5, 0.6) is 0 Å². The molecular formula is C30H26FN7O2S. The molecule has 0 atom stereocenters. The molecule has 0 radical (unpaired) electrons. The molecule has 0 unspecified atom stereocenters. The maximum Gasteiger partial charge on any atom is 0.224 e. The van der Waals surface area contributed by atoms with Crippen molar-refractivity contribution in [2.24, 2.45) is 5.41 Å². The topological polar surface area (TPSA) is 129 Å². The van der Waals surface area contributed by atoms with Gasteiger partial charge in [-0.05, 0) is 36.6 Å². The first kappa shape index (κ1) is 26.5. The van der Waals surface area contributed by atoms with Crippen molar-refractivity contribution in [2.45, 2.75) is 34.1 Å². The van der Waals surface area contributed by atoms with Crippen LogP contribution in [0.15, 0.2) is 55.0 Å². The monoisotopic (exact) mass is 567 g/mol. The summed E-state index contributed by atoms with van der Waals surface area (Å²) in [6.07, 6.45) is 4.86. The van der Waals surface area contributed by atoms with E-state index in [9.17, 15) is 9.59 Å². The fraction of sp³-hybridized carbons (Fsp3) is 0.200. The summed E-state index contributed by atoms with van der Waals surface area (Å²) < 4.78 is 16.1. The molecule has 206 valence electrons. The number of carbonyl (C=O) groups is 2. The number of aromatic nitrogens is 6. The van der Waals surface area contributed by atoms with Gasteiger partial charge < -0.3 is 10.3 Å². The summed E-state index contributed by atoms with van der Waals surface area (Å²) in [4.78, 5) is 42.4. The van der Waals surface area contributed by atoms with Crippen LogP contribution in [0.25, 0.3) is 55.2 Å². The highest BCUT2D eigenvalue weighted by atomic mass is 32.1. The van der Waals surface area contributed by atoms with Gasteiger partial charge in [-0.15, -0.1) is 11.3 Å². The molecule has 0 saturated carbocycles. The average Bonchev–Trinajstić information content (AvgIpc) is 3.65. The third-order valence-electron chi connectivity index (χ3n) is 6.49. The second-order valence-electron chi connectivity index (χ2n) is 11.0. The summed E-state index contributed by atoms with van der Waals surface area (Å²) in [5.41, 5.74) is 3.79. The molecule has 6 rings (SSSR count). The van der Waals surface area contributed by atoms with Gasteiger partial charge in [0.25, 0.3) is 0 Å². The highest BCUT2D eigenvalue weighted by Gasteiger charge is 2.22. The Labute approximate surface area is 238 Å². The number of halogens is 1. The van der Waals surface area contributed by atoms with Crippen LogP contribution in [0.1, 0.15) is 43.8 Å². The maximum atomic E-state index is 16.1. The first-order valence-corrected chi connectivity index (χ1v) is 13.8. The number of fused-ring (bicyclic) bond motifs is 2. The Morgan fingerprint density at radius 3 is 2.63 bits per heavy atom. The Kier molecular flexibility index (Phi) is 6.46. The maximum absolute atomic E-state index is 16.1. The molecule has 1 aromatic carbocycles. The third kappa shape index (κ3) is 5.11. The van der Waals surface area contributed by atoms with Gasteiger partial charge in [0.1, 0.15) is 11.4 Å². The molecule has 5 aromatic heterocycles. The number of thiophene rings is 1. The molecule has 0 bridgehead atoms. The van der Waals surface area contributed by atoms with E-state index in [1.807, 2.05) is 45.0 Å². The second-order valence-corrected chi connectivity index (χ2v) is 12.1. The normalized spacial score (nSPS) is 11.8. The zero-order valence-electron chi connectivity index (χ0n) is 22.8. The number of benzene rings is 1. The Bertz CT molecular complexity index is 1960. The summed E-state index contributed by atoms with van der Waals surface area (Å²) in [5.74, 6) is -0.343. The van der Waals surface area contributed by atoms with E-state index in [0.717, 1.165) is 16.0 Å². The van der Waals surface area contributed by atoms with Crippen LogP contribution in [0.4, 0.5) is 10.1 Å². The van der Waals surface area contributed by atoms with E-state index in [4.69, 9.17) is 4.98 Å². The molecule has 0 saturated heterocycles. The largest absolute Gasteiger partial charge is 0.337 e. The Balaban J connectivity index is 1.39. The molecule has 3 N–H and O–H groups in total. The first-order chi connectivity index (χ1) is 19.6. The molecule has 0 fully saturated rings. The first-order valence-electron chi connectivity index (χ1n) is 13.0. The number of Topliss-reactive ketones (excluding diaryl/α,β-unsaturated/α-hetero) is 1. The molecule has 0 spiro atoms. The molecule has 0 aliphatic rings. The summed E-state index contributed by atoms with van der Waals surface area (Å²) in [7, 11) is 0. The summed E-state index contributed by atoms with van der Waals surface area (Å²) in [5, 5.41) is 10.3. The fourth-order valence-electron chi connectivity index (χ4n) is 4.69. The number of nitrogens with zero attached hydrogens (tertiary/aromatic N) is 4. The molecular weight excluding hydrogens is 541 g/mol. The summed E-state index contributed by atoms with van der Waals surface area (Å²) >= 11 is 1.40. The van der Waals surface area contributed by atoms with Crippen LogP contribution in [0.2, 0.25) is 0 Å². The van der Waals surface area contributed by atoms with Crippen molar-refractivity contribution in [1.82, 2.24) is 30.1 Å². The molecule has 0 aliphatic carbocycles. The van der Waals surface area contributed by atoms with E-state index in [1.54, 1.807) is 19.1 Å². The summed E-state index contributed by atoms with van der Waals surface area (Å²) in [6.45, 7) is 7.48. The van der Waals surface area contributed by atoms with Crippen LogP contribution >= 0.6 is 11.3 Å². The van der Waals surface area contributed by atoms with Gasteiger partial charge in [0.05, 0.1) is 44.9 Å².